The van der Waals surface area contributed by atoms with E-state index in [9.17, 15) is 4.79 Å². The number of aromatic nitrogens is 4. The van der Waals surface area contributed by atoms with Gasteiger partial charge in [0.05, 0.1) is 13.2 Å². The normalized spacial score (nSPS) is 10.6. The molecule has 3 heterocycles. The highest BCUT2D eigenvalue weighted by molar-refractivity contribution is 5.96. The third kappa shape index (κ3) is 3.40. The lowest BCUT2D eigenvalue weighted by molar-refractivity contribution is 0.0941. The van der Waals surface area contributed by atoms with Gasteiger partial charge in [0, 0.05) is 12.3 Å². The zero-order chi connectivity index (χ0) is 16.9. The fraction of sp³-hybridized carbons (Fsp3) is 0.267. The second-order valence-corrected chi connectivity index (χ2v) is 4.81. The number of pyridine rings is 1. The number of carbonyl (C=O) groups excluding carboxylic acids is 1. The van der Waals surface area contributed by atoms with Crippen molar-refractivity contribution in [3.8, 4) is 17.4 Å². The van der Waals surface area contributed by atoms with Crippen LogP contribution in [0.3, 0.4) is 0 Å². The van der Waals surface area contributed by atoms with E-state index in [0.717, 1.165) is 0 Å². The molecule has 0 aliphatic heterocycles. The molecule has 1 N–H and O–H groups in total. The number of ether oxygens (including phenoxy) is 1. The van der Waals surface area contributed by atoms with Crippen LogP contribution in [-0.2, 0) is 6.54 Å². The minimum Gasteiger partial charge on any atom is -0.477 e. The number of hydrogen-bond acceptors (Lipinski definition) is 8. The first-order valence-corrected chi connectivity index (χ1v) is 7.29. The molecule has 3 aromatic rings. The molecule has 0 radical (unpaired) electrons. The minimum atomic E-state index is -0.344. The van der Waals surface area contributed by atoms with E-state index in [2.05, 4.69) is 25.6 Å². The average molecular weight is 329 g/mol. The summed E-state index contributed by atoms with van der Waals surface area (Å²) in [6, 6.07) is 4.98. The molecule has 0 saturated heterocycles. The van der Waals surface area contributed by atoms with E-state index in [-0.39, 0.29) is 24.2 Å². The van der Waals surface area contributed by atoms with Gasteiger partial charge in [0.15, 0.2) is 5.69 Å². The summed E-state index contributed by atoms with van der Waals surface area (Å²) in [4.78, 5) is 20.4. The number of hydrogen-bond donors (Lipinski definition) is 1. The maximum Gasteiger partial charge on any atom is 0.257 e. The number of nitrogens with one attached hydrogen (secondary N) is 1. The van der Waals surface area contributed by atoms with Crippen LogP contribution in [0.1, 0.15) is 28.9 Å². The maximum absolute atomic E-state index is 12.2. The van der Waals surface area contributed by atoms with Crippen molar-refractivity contribution in [1.29, 1.82) is 0 Å². The Labute approximate surface area is 137 Å². The van der Waals surface area contributed by atoms with E-state index in [0.29, 0.717) is 29.4 Å². The van der Waals surface area contributed by atoms with Gasteiger partial charge in [0.1, 0.15) is 11.3 Å². The number of carbonyl (C=O) groups is 1. The predicted octanol–water partition coefficient (Wildman–Crippen LogP) is 1.76. The lowest BCUT2D eigenvalue weighted by Crippen LogP contribution is -2.24. The quantitative estimate of drug-likeness (QED) is 0.727. The molecule has 0 unspecified atom stereocenters. The van der Waals surface area contributed by atoms with Gasteiger partial charge in [-0.3, -0.25) is 4.79 Å². The molecule has 9 nitrogen and oxygen atoms in total. The van der Waals surface area contributed by atoms with Crippen molar-refractivity contribution in [1.82, 2.24) is 25.6 Å². The Balaban J connectivity index is 1.66. The van der Waals surface area contributed by atoms with Crippen LogP contribution in [0.15, 0.2) is 33.4 Å². The predicted molar refractivity (Wildman–Crippen MR) is 81.1 cm³/mol. The lowest BCUT2D eigenvalue weighted by Gasteiger charge is -2.07. The molecule has 0 aliphatic rings. The van der Waals surface area contributed by atoms with Gasteiger partial charge in [0.2, 0.25) is 17.6 Å². The zero-order valence-corrected chi connectivity index (χ0v) is 13.1. The summed E-state index contributed by atoms with van der Waals surface area (Å²) in [6.07, 6.45) is 1.56. The number of nitrogens with zero attached hydrogens (tertiary/aromatic N) is 4. The topological polar surface area (TPSA) is 116 Å². The molecule has 0 fully saturated rings. The minimum absolute atomic E-state index is 0.0725. The molecule has 0 aliphatic carbocycles. The second-order valence-electron chi connectivity index (χ2n) is 4.81. The molecule has 0 bridgehead atoms. The first-order valence-electron chi connectivity index (χ1n) is 7.29. The molecule has 24 heavy (non-hydrogen) atoms. The lowest BCUT2D eigenvalue weighted by atomic mass is 10.2. The highest BCUT2D eigenvalue weighted by Crippen LogP contribution is 2.16. The third-order valence-corrected chi connectivity index (χ3v) is 3.02. The Kier molecular flexibility index (Phi) is 4.50. The second kappa shape index (κ2) is 6.90. The molecule has 0 saturated carbocycles. The largest absolute Gasteiger partial charge is 0.477 e. The fourth-order valence-electron chi connectivity index (χ4n) is 1.97. The zero-order valence-electron chi connectivity index (χ0n) is 13.1. The van der Waals surface area contributed by atoms with E-state index in [1.165, 1.54) is 0 Å². The van der Waals surface area contributed by atoms with Gasteiger partial charge in [-0.1, -0.05) is 10.3 Å². The molecule has 9 heteroatoms. The number of aryl methyl sites for hydroxylation is 1. The van der Waals surface area contributed by atoms with E-state index >= 15 is 0 Å². The summed E-state index contributed by atoms with van der Waals surface area (Å²) in [5.74, 6) is 1.13. The van der Waals surface area contributed by atoms with Gasteiger partial charge < -0.3 is 19.1 Å². The molecule has 124 valence electrons. The SMILES string of the molecule is CCOc1ncccc1C(=O)NCc1nc(-c2cc(C)on2)no1. The standard InChI is InChI=1S/C15H15N5O4/c1-3-22-15-10(5-4-6-16-15)14(21)17-8-12-18-13(20-24-12)11-7-9(2)23-19-11/h4-7H,3,8H2,1-2H3,(H,17,21). The van der Waals surface area contributed by atoms with Crippen LogP contribution in [0, 0.1) is 6.92 Å². The van der Waals surface area contributed by atoms with Gasteiger partial charge in [0.25, 0.3) is 5.91 Å². The van der Waals surface area contributed by atoms with Crippen molar-refractivity contribution >= 4 is 5.91 Å². The Morgan fingerprint density at radius 2 is 2.21 bits per heavy atom. The Morgan fingerprint density at radius 3 is 2.96 bits per heavy atom. The van der Waals surface area contributed by atoms with Crippen molar-refractivity contribution in [2.45, 2.75) is 20.4 Å². The molecular formula is C15H15N5O4. The molecular weight excluding hydrogens is 314 g/mol. The molecule has 1 amide bonds. The highest BCUT2D eigenvalue weighted by atomic mass is 16.5. The Hall–Kier alpha value is -3.23. The highest BCUT2D eigenvalue weighted by Gasteiger charge is 2.16. The average Bonchev–Trinajstić information content (AvgIpc) is 3.22. The van der Waals surface area contributed by atoms with Crippen molar-refractivity contribution in [2.75, 3.05) is 6.61 Å². The third-order valence-electron chi connectivity index (χ3n) is 3.02. The number of amides is 1. The fourth-order valence-corrected chi connectivity index (χ4v) is 1.97. The van der Waals surface area contributed by atoms with Gasteiger partial charge in [-0.15, -0.1) is 0 Å². The first-order chi connectivity index (χ1) is 11.7. The smallest absolute Gasteiger partial charge is 0.257 e. The maximum atomic E-state index is 12.2. The van der Waals surface area contributed by atoms with Crippen LogP contribution in [-0.4, -0.2) is 32.8 Å². The van der Waals surface area contributed by atoms with Crippen LogP contribution in [0.2, 0.25) is 0 Å². The summed E-state index contributed by atoms with van der Waals surface area (Å²) in [5.41, 5.74) is 0.811. The van der Waals surface area contributed by atoms with Crippen molar-refractivity contribution in [3.05, 3.63) is 41.6 Å². The van der Waals surface area contributed by atoms with Crippen LogP contribution in [0.25, 0.3) is 11.5 Å². The summed E-state index contributed by atoms with van der Waals surface area (Å²) < 4.78 is 15.4. The number of rotatable bonds is 6. The first kappa shape index (κ1) is 15.7. The summed E-state index contributed by atoms with van der Waals surface area (Å²) in [5, 5.41) is 10.3. The summed E-state index contributed by atoms with van der Waals surface area (Å²) in [7, 11) is 0. The summed E-state index contributed by atoms with van der Waals surface area (Å²) >= 11 is 0. The summed E-state index contributed by atoms with van der Waals surface area (Å²) in [6.45, 7) is 4.08. The van der Waals surface area contributed by atoms with Gasteiger partial charge >= 0.3 is 0 Å². The van der Waals surface area contributed by atoms with Crippen molar-refractivity contribution < 1.29 is 18.6 Å². The Bertz CT molecular complexity index is 842. The molecule has 3 rings (SSSR count). The molecule has 0 aromatic carbocycles. The van der Waals surface area contributed by atoms with E-state index in [1.807, 2.05) is 6.92 Å². The van der Waals surface area contributed by atoms with Crippen molar-refractivity contribution in [2.24, 2.45) is 0 Å². The van der Waals surface area contributed by atoms with Gasteiger partial charge in [-0.2, -0.15) is 4.98 Å². The Morgan fingerprint density at radius 1 is 1.33 bits per heavy atom. The molecule has 3 aromatic heterocycles. The van der Waals surface area contributed by atoms with E-state index in [1.54, 1.807) is 31.3 Å². The monoisotopic (exact) mass is 329 g/mol. The van der Waals surface area contributed by atoms with E-state index < -0.39 is 0 Å². The van der Waals surface area contributed by atoms with Crippen LogP contribution in [0.4, 0.5) is 0 Å². The van der Waals surface area contributed by atoms with Crippen molar-refractivity contribution in [3.63, 3.8) is 0 Å². The van der Waals surface area contributed by atoms with Gasteiger partial charge in [-0.25, -0.2) is 4.98 Å². The van der Waals surface area contributed by atoms with Crippen LogP contribution < -0.4 is 10.1 Å². The molecule has 0 spiro atoms. The molecule has 0 atom stereocenters. The van der Waals surface area contributed by atoms with Crippen LogP contribution in [0.5, 0.6) is 5.88 Å². The van der Waals surface area contributed by atoms with E-state index in [4.69, 9.17) is 13.8 Å². The van der Waals surface area contributed by atoms with Crippen LogP contribution >= 0.6 is 0 Å². The van der Waals surface area contributed by atoms with Gasteiger partial charge in [-0.05, 0) is 26.0 Å².